The number of fused-ring (bicyclic) bond motifs is 1. The standard InChI is InChI=1S/C22H27N3O2S/c1-4-25(5-2)14-17-8-6-16(7-9-17)13-23-22(27)18-10-11-20-19(12-18)24-21(26)15(3)28-20/h6-12,15H,4-5,13-14H2,1-3H3,(H,23,27)(H,24,26)/t15-/m1/s1. The van der Waals surface area contributed by atoms with Gasteiger partial charge >= 0.3 is 0 Å². The van der Waals surface area contributed by atoms with Gasteiger partial charge in [-0.2, -0.15) is 0 Å². The summed E-state index contributed by atoms with van der Waals surface area (Å²) in [5, 5.41) is 5.71. The molecule has 148 valence electrons. The number of carbonyl (C=O) groups is 2. The van der Waals surface area contributed by atoms with Crippen molar-refractivity contribution in [3.8, 4) is 0 Å². The summed E-state index contributed by atoms with van der Waals surface area (Å²) < 4.78 is 0. The predicted octanol–water partition coefficient (Wildman–Crippen LogP) is 3.89. The van der Waals surface area contributed by atoms with Gasteiger partial charge in [0, 0.05) is 23.5 Å². The number of anilines is 1. The van der Waals surface area contributed by atoms with Gasteiger partial charge in [0.1, 0.15) is 0 Å². The molecule has 5 nitrogen and oxygen atoms in total. The quantitative estimate of drug-likeness (QED) is 0.744. The van der Waals surface area contributed by atoms with Crippen LogP contribution in [0, 0.1) is 0 Å². The van der Waals surface area contributed by atoms with Crippen LogP contribution in [0.1, 0.15) is 42.3 Å². The molecule has 2 N–H and O–H groups in total. The normalized spacial score (nSPS) is 15.9. The van der Waals surface area contributed by atoms with E-state index in [9.17, 15) is 9.59 Å². The van der Waals surface area contributed by atoms with Gasteiger partial charge in [-0.3, -0.25) is 14.5 Å². The summed E-state index contributed by atoms with van der Waals surface area (Å²) in [6.07, 6.45) is 0. The lowest BCUT2D eigenvalue weighted by molar-refractivity contribution is -0.115. The van der Waals surface area contributed by atoms with Crippen molar-refractivity contribution in [2.24, 2.45) is 0 Å². The fraction of sp³-hybridized carbons (Fsp3) is 0.364. The second-order valence-electron chi connectivity index (χ2n) is 6.92. The minimum atomic E-state index is -0.145. The summed E-state index contributed by atoms with van der Waals surface area (Å²) in [4.78, 5) is 27.7. The Morgan fingerprint density at radius 1 is 1.11 bits per heavy atom. The van der Waals surface area contributed by atoms with Crippen LogP contribution >= 0.6 is 11.8 Å². The number of nitrogens with zero attached hydrogens (tertiary/aromatic N) is 1. The Hall–Kier alpha value is -2.31. The van der Waals surface area contributed by atoms with Gasteiger partial charge in [0.2, 0.25) is 5.91 Å². The van der Waals surface area contributed by atoms with Crippen molar-refractivity contribution in [2.45, 2.75) is 44.0 Å². The second kappa shape index (κ2) is 9.26. The number of amides is 2. The molecule has 1 heterocycles. The van der Waals surface area contributed by atoms with Crippen molar-refractivity contribution in [3.63, 3.8) is 0 Å². The van der Waals surface area contributed by atoms with Gasteiger partial charge in [0.15, 0.2) is 0 Å². The number of nitrogens with one attached hydrogen (secondary N) is 2. The van der Waals surface area contributed by atoms with Gasteiger partial charge in [-0.05, 0) is 49.3 Å². The summed E-state index contributed by atoms with van der Waals surface area (Å²) in [5.74, 6) is -0.173. The molecule has 1 aliphatic rings. The molecule has 3 rings (SSSR count). The van der Waals surface area contributed by atoms with E-state index in [2.05, 4.69) is 53.6 Å². The van der Waals surface area contributed by atoms with E-state index in [1.54, 1.807) is 12.1 Å². The van der Waals surface area contributed by atoms with Crippen molar-refractivity contribution in [1.82, 2.24) is 10.2 Å². The van der Waals surface area contributed by atoms with E-state index in [1.807, 2.05) is 13.0 Å². The number of thioether (sulfide) groups is 1. The molecule has 0 saturated carbocycles. The first-order chi connectivity index (χ1) is 13.5. The highest BCUT2D eigenvalue weighted by atomic mass is 32.2. The zero-order chi connectivity index (χ0) is 20.1. The van der Waals surface area contributed by atoms with Gasteiger partial charge in [-0.25, -0.2) is 0 Å². The highest BCUT2D eigenvalue weighted by Gasteiger charge is 2.23. The third kappa shape index (κ3) is 4.94. The lowest BCUT2D eigenvalue weighted by atomic mass is 10.1. The maximum absolute atomic E-state index is 12.5. The molecular formula is C22H27N3O2S. The Kier molecular flexibility index (Phi) is 6.75. The highest BCUT2D eigenvalue weighted by Crippen LogP contribution is 2.35. The Morgan fingerprint density at radius 3 is 2.46 bits per heavy atom. The van der Waals surface area contributed by atoms with E-state index in [-0.39, 0.29) is 17.1 Å². The molecule has 2 amide bonds. The lowest BCUT2D eigenvalue weighted by Gasteiger charge is -2.21. The van der Waals surface area contributed by atoms with E-state index in [0.717, 1.165) is 30.1 Å². The number of carbonyl (C=O) groups excluding carboxylic acids is 2. The maximum Gasteiger partial charge on any atom is 0.251 e. The molecule has 0 fully saturated rings. The summed E-state index contributed by atoms with van der Waals surface area (Å²) >= 11 is 1.51. The van der Waals surface area contributed by atoms with E-state index in [0.29, 0.717) is 17.8 Å². The van der Waals surface area contributed by atoms with Crippen molar-refractivity contribution in [1.29, 1.82) is 0 Å². The van der Waals surface area contributed by atoms with Gasteiger partial charge < -0.3 is 10.6 Å². The van der Waals surface area contributed by atoms with Crippen molar-refractivity contribution in [3.05, 3.63) is 59.2 Å². The van der Waals surface area contributed by atoms with E-state index < -0.39 is 0 Å². The van der Waals surface area contributed by atoms with Gasteiger partial charge in [0.25, 0.3) is 5.91 Å². The third-order valence-electron chi connectivity index (χ3n) is 4.95. The van der Waals surface area contributed by atoms with Crippen LogP contribution in [-0.4, -0.2) is 35.1 Å². The van der Waals surface area contributed by atoms with Crippen molar-refractivity contribution < 1.29 is 9.59 Å². The van der Waals surface area contributed by atoms with E-state index in [4.69, 9.17) is 0 Å². The molecular weight excluding hydrogens is 370 g/mol. The minimum absolute atomic E-state index is 0.0279. The predicted molar refractivity (Wildman–Crippen MR) is 115 cm³/mol. The van der Waals surface area contributed by atoms with Crippen LogP contribution in [0.15, 0.2) is 47.4 Å². The van der Waals surface area contributed by atoms with Gasteiger partial charge in [-0.1, -0.05) is 38.1 Å². The Morgan fingerprint density at radius 2 is 1.79 bits per heavy atom. The largest absolute Gasteiger partial charge is 0.348 e. The first-order valence-corrected chi connectivity index (χ1v) is 10.6. The Balaban J connectivity index is 1.58. The van der Waals surface area contributed by atoms with Crippen molar-refractivity contribution >= 4 is 29.3 Å². The fourth-order valence-corrected chi connectivity index (χ4v) is 4.03. The van der Waals surface area contributed by atoms with Crippen LogP contribution in [-0.2, 0) is 17.9 Å². The van der Waals surface area contributed by atoms with Crippen molar-refractivity contribution in [2.75, 3.05) is 18.4 Å². The highest BCUT2D eigenvalue weighted by molar-refractivity contribution is 8.00. The molecule has 0 radical (unpaired) electrons. The summed E-state index contributed by atoms with van der Waals surface area (Å²) in [6, 6.07) is 13.8. The molecule has 2 aromatic carbocycles. The van der Waals surface area contributed by atoms with Crippen LogP contribution in [0.25, 0.3) is 0 Å². The number of hydrogen-bond acceptors (Lipinski definition) is 4. The van der Waals surface area contributed by atoms with Crippen LogP contribution in [0.2, 0.25) is 0 Å². The first-order valence-electron chi connectivity index (χ1n) is 9.70. The van der Waals surface area contributed by atoms with Gasteiger partial charge in [0.05, 0.1) is 10.9 Å². The Bertz CT molecular complexity index is 847. The molecule has 6 heteroatoms. The number of hydrogen-bond donors (Lipinski definition) is 2. The topological polar surface area (TPSA) is 61.4 Å². The maximum atomic E-state index is 12.5. The summed E-state index contributed by atoms with van der Waals surface area (Å²) in [6.45, 7) is 9.69. The average molecular weight is 398 g/mol. The molecule has 0 spiro atoms. The molecule has 1 aliphatic heterocycles. The first kappa shape index (κ1) is 20.4. The average Bonchev–Trinajstić information content (AvgIpc) is 2.71. The van der Waals surface area contributed by atoms with E-state index in [1.165, 1.54) is 17.3 Å². The third-order valence-corrected chi connectivity index (χ3v) is 6.13. The molecule has 0 unspecified atom stereocenters. The molecule has 1 atom stereocenters. The summed E-state index contributed by atoms with van der Waals surface area (Å²) in [7, 11) is 0. The zero-order valence-electron chi connectivity index (χ0n) is 16.6. The monoisotopic (exact) mass is 397 g/mol. The van der Waals surface area contributed by atoms with Crippen LogP contribution < -0.4 is 10.6 Å². The number of benzene rings is 2. The lowest BCUT2D eigenvalue weighted by Crippen LogP contribution is -2.27. The second-order valence-corrected chi connectivity index (χ2v) is 8.30. The number of rotatable bonds is 7. The van der Waals surface area contributed by atoms with Crippen LogP contribution in [0.4, 0.5) is 5.69 Å². The molecule has 2 aromatic rings. The molecule has 0 aliphatic carbocycles. The Labute approximate surface area is 170 Å². The molecule has 0 bridgehead atoms. The smallest absolute Gasteiger partial charge is 0.251 e. The molecule has 0 saturated heterocycles. The zero-order valence-corrected chi connectivity index (χ0v) is 17.4. The molecule has 28 heavy (non-hydrogen) atoms. The van der Waals surface area contributed by atoms with E-state index >= 15 is 0 Å². The van der Waals surface area contributed by atoms with Gasteiger partial charge in [-0.15, -0.1) is 11.8 Å². The molecule has 0 aromatic heterocycles. The van der Waals surface area contributed by atoms with Crippen LogP contribution in [0.3, 0.4) is 0 Å². The minimum Gasteiger partial charge on any atom is -0.348 e. The SMILES string of the molecule is CCN(CC)Cc1ccc(CNC(=O)c2ccc3c(c2)NC(=O)[C@@H](C)S3)cc1. The van der Waals surface area contributed by atoms with Crippen LogP contribution in [0.5, 0.6) is 0 Å². The summed E-state index contributed by atoms with van der Waals surface area (Å²) in [5.41, 5.74) is 3.59. The fourth-order valence-electron chi connectivity index (χ4n) is 3.10.